The van der Waals surface area contributed by atoms with E-state index in [4.69, 9.17) is 9.47 Å². The molecule has 0 bridgehead atoms. The van der Waals surface area contributed by atoms with E-state index >= 15 is 0 Å². The first-order valence-electron chi connectivity index (χ1n) is 8.79. The first-order chi connectivity index (χ1) is 13.7. The van der Waals surface area contributed by atoms with Crippen LogP contribution in [0.1, 0.15) is 24.5 Å². The van der Waals surface area contributed by atoms with Gasteiger partial charge in [-0.2, -0.15) is 13.2 Å². The number of alkyl halides is 3. The van der Waals surface area contributed by atoms with E-state index in [1.165, 1.54) is 6.07 Å². The number of hydrogen-bond donors (Lipinski definition) is 0. The number of esters is 1. The second kappa shape index (κ2) is 8.10. The van der Waals surface area contributed by atoms with Crippen LogP contribution in [0.2, 0.25) is 0 Å². The number of fused-ring (bicyclic) bond motifs is 1. The Balaban J connectivity index is 1.95. The summed E-state index contributed by atoms with van der Waals surface area (Å²) >= 11 is 0. The van der Waals surface area contributed by atoms with Crippen molar-refractivity contribution < 1.29 is 36.6 Å². The Labute approximate surface area is 163 Å². The summed E-state index contributed by atoms with van der Waals surface area (Å²) in [4.78, 5) is 25.8. The Kier molecular flexibility index (Phi) is 5.76. The van der Waals surface area contributed by atoms with Gasteiger partial charge in [-0.3, -0.25) is 9.59 Å². The highest BCUT2D eigenvalue weighted by Crippen LogP contribution is 2.37. The molecule has 0 aliphatic carbocycles. The zero-order valence-electron chi connectivity index (χ0n) is 15.3. The van der Waals surface area contributed by atoms with Gasteiger partial charge in [-0.05, 0) is 37.3 Å². The van der Waals surface area contributed by atoms with Gasteiger partial charge in [0.1, 0.15) is 11.6 Å². The summed E-state index contributed by atoms with van der Waals surface area (Å²) in [6, 6.07) is 8.34. The van der Waals surface area contributed by atoms with Gasteiger partial charge in [0, 0.05) is 5.56 Å². The molecule has 0 fully saturated rings. The minimum absolute atomic E-state index is 0.121. The number of halogens is 4. The summed E-state index contributed by atoms with van der Waals surface area (Å²) in [5.74, 6) is -1.95. The number of carbonyl (C=O) groups is 2. The quantitative estimate of drug-likeness (QED) is 0.549. The zero-order chi connectivity index (χ0) is 21.2. The number of ether oxygens (including phenoxy) is 2. The summed E-state index contributed by atoms with van der Waals surface area (Å²) in [5.41, 5.74) is -1.06. The normalized spacial score (nSPS) is 16.2. The standard InChI is InChI=1S/C20H17F4NO4/c1-2-28-18(26)10-17-19(27)25(15-5-3-4-6-16(15)29-17)11-12-9-13(20(22,23)24)7-8-14(12)21/h3-9,17H,2,10-11H2,1H3. The Morgan fingerprint density at radius 3 is 2.62 bits per heavy atom. The predicted molar refractivity (Wildman–Crippen MR) is 94.7 cm³/mol. The first-order valence-corrected chi connectivity index (χ1v) is 8.79. The van der Waals surface area contributed by atoms with Crippen molar-refractivity contribution in [1.29, 1.82) is 0 Å². The smallest absolute Gasteiger partial charge is 0.416 e. The van der Waals surface area contributed by atoms with Crippen molar-refractivity contribution in [2.45, 2.75) is 32.2 Å². The molecule has 154 valence electrons. The molecule has 0 saturated carbocycles. The summed E-state index contributed by atoms with van der Waals surface area (Å²) < 4.78 is 63.6. The molecule has 1 unspecified atom stereocenters. The number of nitrogens with zero attached hydrogens (tertiary/aromatic N) is 1. The van der Waals surface area contributed by atoms with Crippen LogP contribution in [0, 0.1) is 5.82 Å². The van der Waals surface area contributed by atoms with E-state index in [1.54, 1.807) is 25.1 Å². The average Bonchev–Trinajstić information content (AvgIpc) is 2.65. The summed E-state index contributed by atoms with van der Waals surface area (Å²) in [5, 5.41) is 0. The van der Waals surface area contributed by atoms with Gasteiger partial charge in [0.15, 0.2) is 6.10 Å². The number of para-hydroxylation sites is 2. The van der Waals surface area contributed by atoms with Crippen molar-refractivity contribution in [3.05, 3.63) is 59.4 Å². The molecule has 0 saturated heterocycles. The number of hydrogen-bond acceptors (Lipinski definition) is 4. The maximum absolute atomic E-state index is 14.2. The topological polar surface area (TPSA) is 55.8 Å². The summed E-state index contributed by atoms with van der Waals surface area (Å²) in [6.07, 6.45) is -6.25. The number of rotatable bonds is 5. The number of benzene rings is 2. The van der Waals surface area contributed by atoms with Gasteiger partial charge in [-0.15, -0.1) is 0 Å². The van der Waals surface area contributed by atoms with Crippen molar-refractivity contribution in [2.24, 2.45) is 0 Å². The molecule has 0 spiro atoms. The molecule has 0 N–H and O–H groups in total. The lowest BCUT2D eigenvalue weighted by Gasteiger charge is -2.34. The van der Waals surface area contributed by atoms with Crippen molar-refractivity contribution >= 4 is 17.6 Å². The van der Waals surface area contributed by atoms with E-state index in [-0.39, 0.29) is 30.0 Å². The van der Waals surface area contributed by atoms with Crippen molar-refractivity contribution in [3.8, 4) is 5.75 Å². The van der Waals surface area contributed by atoms with E-state index < -0.39 is 42.1 Å². The van der Waals surface area contributed by atoms with Gasteiger partial charge in [0.2, 0.25) is 0 Å². The maximum atomic E-state index is 14.2. The first kappa shape index (κ1) is 20.6. The number of amides is 1. The maximum Gasteiger partial charge on any atom is 0.416 e. The van der Waals surface area contributed by atoms with Crippen LogP contribution >= 0.6 is 0 Å². The fourth-order valence-corrected chi connectivity index (χ4v) is 2.98. The third-order valence-corrected chi connectivity index (χ3v) is 4.33. The lowest BCUT2D eigenvalue weighted by molar-refractivity contribution is -0.147. The van der Waals surface area contributed by atoms with Crippen LogP contribution in [0.15, 0.2) is 42.5 Å². The third-order valence-electron chi connectivity index (χ3n) is 4.33. The summed E-state index contributed by atoms with van der Waals surface area (Å²) in [7, 11) is 0. The molecule has 1 aliphatic rings. The predicted octanol–water partition coefficient (Wildman–Crippen LogP) is 4.09. The lowest BCUT2D eigenvalue weighted by atomic mass is 10.1. The van der Waals surface area contributed by atoms with E-state index in [0.29, 0.717) is 18.2 Å². The van der Waals surface area contributed by atoms with Gasteiger partial charge < -0.3 is 14.4 Å². The molecule has 1 aliphatic heterocycles. The molecule has 1 amide bonds. The van der Waals surface area contributed by atoms with E-state index in [1.807, 2.05) is 0 Å². The Bertz CT molecular complexity index is 929. The van der Waals surface area contributed by atoms with Crippen LogP contribution in [-0.2, 0) is 27.0 Å². The molecule has 1 heterocycles. The molecular weight excluding hydrogens is 394 g/mol. The molecule has 9 heteroatoms. The van der Waals surface area contributed by atoms with E-state index in [0.717, 1.165) is 4.90 Å². The highest BCUT2D eigenvalue weighted by atomic mass is 19.4. The Morgan fingerprint density at radius 1 is 1.21 bits per heavy atom. The molecule has 2 aromatic carbocycles. The fourth-order valence-electron chi connectivity index (χ4n) is 2.98. The molecular formula is C20H17F4NO4. The third kappa shape index (κ3) is 4.49. The van der Waals surface area contributed by atoms with Crippen molar-refractivity contribution in [1.82, 2.24) is 0 Å². The van der Waals surface area contributed by atoms with Gasteiger partial charge in [0.25, 0.3) is 5.91 Å². The molecule has 1 atom stereocenters. The molecule has 5 nitrogen and oxygen atoms in total. The van der Waals surface area contributed by atoms with Gasteiger partial charge in [0.05, 0.1) is 30.8 Å². The Hall–Kier alpha value is -3.10. The highest BCUT2D eigenvalue weighted by Gasteiger charge is 2.37. The minimum Gasteiger partial charge on any atom is -0.478 e. The van der Waals surface area contributed by atoms with Crippen molar-refractivity contribution in [3.63, 3.8) is 0 Å². The van der Waals surface area contributed by atoms with Gasteiger partial charge in [-0.25, -0.2) is 4.39 Å². The zero-order valence-corrected chi connectivity index (χ0v) is 15.3. The van der Waals surface area contributed by atoms with Gasteiger partial charge >= 0.3 is 12.1 Å². The van der Waals surface area contributed by atoms with Crippen LogP contribution < -0.4 is 9.64 Å². The molecule has 3 rings (SSSR count). The second-order valence-corrected chi connectivity index (χ2v) is 6.31. The van der Waals surface area contributed by atoms with Crippen LogP contribution in [0.3, 0.4) is 0 Å². The van der Waals surface area contributed by atoms with Crippen LogP contribution in [0.5, 0.6) is 5.75 Å². The molecule has 0 radical (unpaired) electrons. The van der Waals surface area contributed by atoms with Crippen LogP contribution in [-0.4, -0.2) is 24.6 Å². The SMILES string of the molecule is CCOC(=O)CC1Oc2ccccc2N(Cc2cc(C(F)(F)F)ccc2F)C1=O. The number of anilines is 1. The van der Waals surface area contributed by atoms with Gasteiger partial charge in [-0.1, -0.05) is 12.1 Å². The van der Waals surface area contributed by atoms with E-state index in [2.05, 4.69) is 0 Å². The number of carbonyl (C=O) groups excluding carboxylic acids is 2. The van der Waals surface area contributed by atoms with Crippen molar-refractivity contribution in [2.75, 3.05) is 11.5 Å². The highest BCUT2D eigenvalue weighted by molar-refractivity contribution is 6.01. The Morgan fingerprint density at radius 2 is 1.93 bits per heavy atom. The van der Waals surface area contributed by atoms with Crippen LogP contribution in [0.25, 0.3) is 0 Å². The fraction of sp³-hybridized carbons (Fsp3) is 0.300. The monoisotopic (exact) mass is 411 g/mol. The molecule has 2 aromatic rings. The average molecular weight is 411 g/mol. The molecule has 29 heavy (non-hydrogen) atoms. The molecule has 0 aromatic heterocycles. The minimum atomic E-state index is -4.65. The largest absolute Gasteiger partial charge is 0.478 e. The summed E-state index contributed by atoms with van der Waals surface area (Å²) in [6.45, 7) is 1.28. The second-order valence-electron chi connectivity index (χ2n) is 6.31. The van der Waals surface area contributed by atoms with Crippen LogP contribution in [0.4, 0.5) is 23.2 Å². The van der Waals surface area contributed by atoms with E-state index in [9.17, 15) is 27.2 Å². The lowest BCUT2D eigenvalue weighted by Crippen LogP contribution is -2.46.